The number of nitrogens with zero attached hydrogens (tertiary/aromatic N) is 1. The van der Waals surface area contributed by atoms with Crippen LogP contribution in [-0.4, -0.2) is 4.57 Å². The molecule has 2 aromatic rings. The Hall–Kier alpha value is -1.51. The van der Waals surface area contributed by atoms with Crippen LogP contribution in [-0.2, 0) is 7.05 Å². The molecule has 2 rings (SSSR count). The summed E-state index contributed by atoms with van der Waals surface area (Å²) < 4.78 is 6.48. The molecule has 0 amide bonds. The van der Waals surface area contributed by atoms with E-state index in [0.29, 0.717) is 5.58 Å². The molecule has 0 radical (unpaired) electrons. The second-order valence-corrected chi connectivity index (χ2v) is 2.90. The van der Waals surface area contributed by atoms with Crippen molar-refractivity contribution in [3.63, 3.8) is 0 Å². The molecule has 0 aliphatic rings. The fraction of sp³-hybridized carbons (Fsp3) is 0.222. The lowest BCUT2D eigenvalue weighted by molar-refractivity contribution is 0.528. The van der Waals surface area contributed by atoms with E-state index >= 15 is 0 Å². The Morgan fingerprint density at radius 2 is 2.17 bits per heavy atom. The smallest absolute Gasteiger partial charge is 0.408 e. The lowest BCUT2D eigenvalue weighted by atomic mass is 10.2. The average molecular weight is 163 g/mol. The minimum atomic E-state index is -0.310. The summed E-state index contributed by atoms with van der Waals surface area (Å²) in [4.78, 5) is 11.0. The molecule has 0 N–H and O–H groups in total. The maximum Gasteiger partial charge on any atom is 0.419 e. The van der Waals surface area contributed by atoms with Crippen LogP contribution in [0.4, 0.5) is 0 Å². The number of benzene rings is 1. The first-order valence-electron chi connectivity index (χ1n) is 3.74. The van der Waals surface area contributed by atoms with E-state index in [4.69, 9.17) is 4.42 Å². The predicted octanol–water partition coefficient (Wildman–Crippen LogP) is 1.44. The van der Waals surface area contributed by atoms with Crippen LogP contribution in [0.25, 0.3) is 11.1 Å². The Bertz CT molecular complexity index is 479. The number of oxazole rings is 1. The number of fused-ring (bicyclic) bond motifs is 1. The summed E-state index contributed by atoms with van der Waals surface area (Å²) in [5.74, 6) is -0.310. The SMILES string of the molecule is Cc1ccc2c(c1)oc(=O)n2C. The summed E-state index contributed by atoms with van der Waals surface area (Å²) in [6.45, 7) is 1.96. The lowest BCUT2D eigenvalue weighted by Gasteiger charge is -1.91. The van der Waals surface area contributed by atoms with Crippen molar-refractivity contribution in [3.8, 4) is 0 Å². The molecule has 1 aromatic heterocycles. The van der Waals surface area contributed by atoms with E-state index in [-0.39, 0.29) is 5.76 Å². The Morgan fingerprint density at radius 3 is 2.92 bits per heavy atom. The Balaban J connectivity index is 2.96. The molecule has 62 valence electrons. The van der Waals surface area contributed by atoms with Crippen LogP contribution < -0.4 is 5.76 Å². The Kier molecular flexibility index (Phi) is 1.33. The first-order valence-corrected chi connectivity index (χ1v) is 3.74. The molecule has 0 saturated heterocycles. The lowest BCUT2D eigenvalue weighted by Crippen LogP contribution is -2.08. The van der Waals surface area contributed by atoms with Crippen molar-refractivity contribution >= 4 is 11.1 Å². The van der Waals surface area contributed by atoms with Gasteiger partial charge in [-0.3, -0.25) is 4.57 Å². The van der Waals surface area contributed by atoms with Gasteiger partial charge >= 0.3 is 5.76 Å². The van der Waals surface area contributed by atoms with Crippen molar-refractivity contribution in [1.29, 1.82) is 0 Å². The number of aryl methyl sites for hydroxylation is 2. The largest absolute Gasteiger partial charge is 0.419 e. The summed E-state index contributed by atoms with van der Waals surface area (Å²) in [5.41, 5.74) is 2.59. The summed E-state index contributed by atoms with van der Waals surface area (Å²) in [6, 6.07) is 5.70. The van der Waals surface area contributed by atoms with Gasteiger partial charge in [-0.05, 0) is 24.6 Å². The van der Waals surface area contributed by atoms with Gasteiger partial charge in [0.2, 0.25) is 0 Å². The van der Waals surface area contributed by atoms with Gasteiger partial charge in [0, 0.05) is 7.05 Å². The summed E-state index contributed by atoms with van der Waals surface area (Å²) >= 11 is 0. The van der Waals surface area contributed by atoms with E-state index in [1.54, 1.807) is 7.05 Å². The van der Waals surface area contributed by atoms with Crippen molar-refractivity contribution in [2.45, 2.75) is 6.92 Å². The standard InChI is InChI=1S/C9H9NO2/c1-6-3-4-7-8(5-6)12-9(11)10(7)2/h3-5H,1-2H3. The van der Waals surface area contributed by atoms with Crippen molar-refractivity contribution in [2.24, 2.45) is 7.05 Å². The molecule has 0 aliphatic carbocycles. The Labute approximate surface area is 69.2 Å². The highest BCUT2D eigenvalue weighted by molar-refractivity contribution is 5.73. The van der Waals surface area contributed by atoms with Crippen molar-refractivity contribution < 1.29 is 4.42 Å². The molecular weight excluding hydrogens is 154 g/mol. The number of hydrogen-bond donors (Lipinski definition) is 0. The molecular formula is C9H9NO2. The second kappa shape index (κ2) is 2.24. The van der Waals surface area contributed by atoms with Gasteiger partial charge in [-0.2, -0.15) is 0 Å². The van der Waals surface area contributed by atoms with Crippen LogP contribution in [0.15, 0.2) is 27.4 Å². The number of hydrogen-bond acceptors (Lipinski definition) is 2. The second-order valence-electron chi connectivity index (χ2n) is 2.90. The number of rotatable bonds is 0. The molecule has 0 unspecified atom stereocenters. The molecule has 3 heteroatoms. The van der Waals surface area contributed by atoms with E-state index in [0.717, 1.165) is 11.1 Å². The molecule has 0 saturated carbocycles. The van der Waals surface area contributed by atoms with Gasteiger partial charge in [-0.15, -0.1) is 0 Å². The van der Waals surface area contributed by atoms with Crippen LogP contribution >= 0.6 is 0 Å². The van der Waals surface area contributed by atoms with Crippen LogP contribution in [0.1, 0.15) is 5.56 Å². The third-order valence-electron chi connectivity index (χ3n) is 1.95. The van der Waals surface area contributed by atoms with Gasteiger partial charge in [0.05, 0.1) is 5.52 Å². The molecule has 3 nitrogen and oxygen atoms in total. The van der Waals surface area contributed by atoms with Crippen molar-refractivity contribution in [2.75, 3.05) is 0 Å². The first kappa shape index (κ1) is 7.16. The van der Waals surface area contributed by atoms with Crippen LogP contribution in [0.2, 0.25) is 0 Å². The third kappa shape index (κ3) is 0.863. The normalized spacial score (nSPS) is 10.8. The van der Waals surface area contributed by atoms with E-state index in [1.807, 2.05) is 25.1 Å². The molecule has 1 heterocycles. The molecule has 0 aliphatic heterocycles. The zero-order chi connectivity index (χ0) is 8.72. The van der Waals surface area contributed by atoms with E-state index in [2.05, 4.69) is 0 Å². The molecule has 1 aromatic carbocycles. The molecule has 0 fully saturated rings. The highest BCUT2D eigenvalue weighted by Crippen LogP contribution is 2.12. The Morgan fingerprint density at radius 1 is 1.42 bits per heavy atom. The van der Waals surface area contributed by atoms with Crippen molar-refractivity contribution in [1.82, 2.24) is 4.57 Å². The highest BCUT2D eigenvalue weighted by atomic mass is 16.4. The van der Waals surface area contributed by atoms with Gasteiger partial charge in [0.15, 0.2) is 5.58 Å². The zero-order valence-electron chi connectivity index (χ0n) is 7.00. The monoisotopic (exact) mass is 163 g/mol. The maximum absolute atomic E-state index is 11.0. The quantitative estimate of drug-likeness (QED) is 0.589. The summed E-state index contributed by atoms with van der Waals surface area (Å²) in [6.07, 6.45) is 0. The minimum Gasteiger partial charge on any atom is -0.408 e. The van der Waals surface area contributed by atoms with Crippen LogP contribution in [0, 0.1) is 6.92 Å². The molecule has 12 heavy (non-hydrogen) atoms. The summed E-state index contributed by atoms with van der Waals surface area (Å²) in [5, 5.41) is 0. The van der Waals surface area contributed by atoms with Gasteiger partial charge in [-0.1, -0.05) is 6.07 Å². The number of aromatic nitrogens is 1. The summed E-state index contributed by atoms with van der Waals surface area (Å²) in [7, 11) is 1.70. The van der Waals surface area contributed by atoms with Gasteiger partial charge < -0.3 is 4.42 Å². The molecule has 0 bridgehead atoms. The van der Waals surface area contributed by atoms with Crippen LogP contribution in [0.5, 0.6) is 0 Å². The molecule has 0 spiro atoms. The van der Waals surface area contributed by atoms with Crippen molar-refractivity contribution in [3.05, 3.63) is 34.3 Å². The third-order valence-corrected chi connectivity index (χ3v) is 1.95. The zero-order valence-corrected chi connectivity index (χ0v) is 7.00. The van der Waals surface area contributed by atoms with E-state index in [1.165, 1.54) is 4.57 Å². The molecule has 0 atom stereocenters. The fourth-order valence-corrected chi connectivity index (χ4v) is 1.24. The van der Waals surface area contributed by atoms with Gasteiger partial charge in [0.1, 0.15) is 0 Å². The van der Waals surface area contributed by atoms with Crippen LogP contribution in [0.3, 0.4) is 0 Å². The topological polar surface area (TPSA) is 35.1 Å². The maximum atomic E-state index is 11.0. The average Bonchev–Trinajstić information content (AvgIpc) is 2.28. The van der Waals surface area contributed by atoms with E-state index < -0.39 is 0 Å². The van der Waals surface area contributed by atoms with E-state index in [9.17, 15) is 4.79 Å². The predicted molar refractivity (Wildman–Crippen MR) is 46.2 cm³/mol. The van der Waals surface area contributed by atoms with Gasteiger partial charge in [-0.25, -0.2) is 4.79 Å². The minimum absolute atomic E-state index is 0.310. The fourth-order valence-electron chi connectivity index (χ4n) is 1.24. The first-order chi connectivity index (χ1) is 5.68. The van der Waals surface area contributed by atoms with Gasteiger partial charge in [0.25, 0.3) is 0 Å². The highest BCUT2D eigenvalue weighted by Gasteiger charge is 2.03.